The Morgan fingerprint density at radius 2 is 2.00 bits per heavy atom. The summed E-state index contributed by atoms with van der Waals surface area (Å²) in [6.45, 7) is 4.26. The Kier molecular flexibility index (Phi) is 4.85. The van der Waals surface area contributed by atoms with Crippen LogP contribution in [0.4, 0.5) is 5.69 Å². The summed E-state index contributed by atoms with van der Waals surface area (Å²) in [7, 11) is -3.71. The molecule has 4 nitrogen and oxygen atoms in total. The lowest BCUT2D eigenvalue weighted by atomic mass is 10.2. The molecule has 0 amide bonds. The van der Waals surface area contributed by atoms with Crippen LogP contribution in [0.1, 0.15) is 20.3 Å². The lowest BCUT2D eigenvalue weighted by molar-refractivity contribution is 0.596. The summed E-state index contributed by atoms with van der Waals surface area (Å²) in [5.74, 6) is 1.46. The highest BCUT2D eigenvalue weighted by molar-refractivity contribution is 8.00. The number of hydrogen-bond acceptors (Lipinski definition) is 4. The summed E-state index contributed by atoms with van der Waals surface area (Å²) in [6, 6.07) is 4.81. The minimum Gasteiger partial charge on any atom is -0.399 e. The van der Waals surface area contributed by atoms with Crippen LogP contribution in [-0.2, 0) is 10.0 Å². The van der Waals surface area contributed by atoms with Crippen LogP contribution in [0.3, 0.4) is 0 Å². The molecule has 0 aliphatic carbocycles. The highest BCUT2D eigenvalue weighted by Gasteiger charge is 2.14. The van der Waals surface area contributed by atoms with Gasteiger partial charge in [-0.15, -0.1) is 11.8 Å². The Morgan fingerprint density at radius 1 is 1.35 bits per heavy atom. The molecule has 0 unspecified atom stereocenters. The SMILES string of the molecule is CC(C)CCSc1ccc(N)cc1S(N)(=O)=O. The third-order valence-corrected chi connectivity index (χ3v) is 4.41. The summed E-state index contributed by atoms with van der Waals surface area (Å²) in [5.41, 5.74) is 5.98. The van der Waals surface area contributed by atoms with Crippen molar-refractivity contribution in [1.29, 1.82) is 0 Å². The second-order valence-corrected chi connectivity index (χ2v) is 6.95. The maximum Gasteiger partial charge on any atom is 0.239 e. The van der Waals surface area contributed by atoms with Gasteiger partial charge in [-0.3, -0.25) is 0 Å². The number of thioether (sulfide) groups is 1. The van der Waals surface area contributed by atoms with E-state index < -0.39 is 10.0 Å². The number of nitrogen functional groups attached to an aromatic ring is 1. The van der Waals surface area contributed by atoms with Gasteiger partial charge in [-0.25, -0.2) is 13.6 Å². The van der Waals surface area contributed by atoms with Crippen molar-refractivity contribution < 1.29 is 8.42 Å². The lowest BCUT2D eigenvalue weighted by Crippen LogP contribution is -2.13. The third-order valence-electron chi connectivity index (χ3n) is 2.23. The molecule has 6 heteroatoms. The maximum atomic E-state index is 11.4. The summed E-state index contributed by atoms with van der Waals surface area (Å²) in [6.07, 6.45) is 1.03. The molecule has 0 heterocycles. The van der Waals surface area contributed by atoms with Crippen LogP contribution >= 0.6 is 11.8 Å². The van der Waals surface area contributed by atoms with Crippen LogP contribution in [0.5, 0.6) is 0 Å². The van der Waals surface area contributed by atoms with Crippen molar-refractivity contribution in [2.24, 2.45) is 11.1 Å². The van der Waals surface area contributed by atoms with Crippen LogP contribution in [0.15, 0.2) is 28.0 Å². The number of nitrogens with two attached hydrogens (primary N) is 2. The first kappa shape index (κ1) is 14.3. The van der Waals surface area contributed by atoms with E-state index >= 15 is 0 Å². The molecule has 0 bridgehead atoms. The molecule has 0 atom stereocenters. The Morgan fingerprint density at radius 3 is 2.53 bits per heavy atom. The van der Waals surface area contributed by atoms with Gasteiger partial charge in [0.1, 0.15) is 0 Å². The van der Waals surface area contributed by atoms with Gasteiger partial charge in [-0.2, -0.15) is 0 Å². The van der Waals surface area contributed by atoms with Gasteiger partial charge in [-0.1, -0.05) is 13.8 Å². The number of sulfonamides is 1. The van der Waals surface area contributed by atoms with Gasteiger partial charge in [-0.05, 0) is 36.3 Å². The zero-order valence-corrected chi connectivity index (χ0v) is 11.6. The van der Waals surface area contributed by atoms with Gasteiger partial charge in [0.2, 0.25) is 10.0 Å². The predicted octanol–water partition coefficient (Wildman–Crippen LogP) is 2.05. The Hall–Kier alpha value is -0.720. The highest BCUT2D eigenvalue weighted by atomic mass is 32.2. The molecule has 96 valence electrons. The molecule has 0 fully saturated rings. The fourth-order valence-electron chi connectivity index (χ4n) is 1.27. The molecule has 4 N–H and O–H groups in total. The zero-order chi connectivity index (χ0) is 13.1. The van der Waals surface area contributed by atoms with E-state index in [2.05, 4.69) is 13.8 Å². The highest BCUT2D eigenvalue weighted by Crippen LogP contribution is 2.28. The number of benzene rings is 1. The van der Waals surface area contributed by atoms with Crippen LogP contribution in [-0.4, -0.2) is 14.2 Å². The molecular formula is C11H18N2O2S2. The van der Waals surface area contributed by atoms with Gasteiger partial charge in [0.15, 0.2) is 0 Å². The average Bonchev–Trinajstić information content (AvgIpc) is 2.18. The maximum absolute atomic E-state index is 11.4. The van der Waals surface area contributed by atoms with Gasteiger partial charge >= 0.3 is 0 Å². The molecule has 1 rings (SSSR count). The van der Waals surface area contributed by atoms with E-state index in [1.54, 1.807) is 12.1 Å². The van der Waals surface area contributed by atoms with Crippen LogP contribution < -0.4 is 10.9 Å². The van der Waals surface area contributed by atoms with E-state index in [1.165, 1.54) is 17.8 Å². The molecule has 0 saturated carbocycles. The largest absolute Gasteiger partial charge is 0.399 e. The van der Waals surface area contributed by atoms with Crippen molar-refractivity contribution in [3.05, 3.63) is 18.2 Å². The molecule has 0 aliphatic rings. The molecule has 0 saturated heterocycles. The van der Waals surface area contributed by atoms with E-state index in [-0.39, 0.29) is 4.90 Å². The van der Waals surface area contributed by atoms with Crippen molar-refractivity contribution in [3.63, 3.8) is 0 Å². The first-order chi connectivity index (χ1) is 7.80. The van der Waals surface area contributed by atoms with Crippen molar-refractivity contribution in [1.82, 2.24) is 0 Å². The van der Waals surface area contributed by atoms with Crippen molar-refractivity contribution in [2.45, 2.75) is 30.1 Å². The van der Waals surface area contributed by atoms with Gasteiger partial charge in [0.25, 0.3) is 0 Å². The second kappa shape index (κ2) is 5.75. The summed E-state index contributed by atoms with van der Waals surface area (Å²) in [5, 5.41) is 5.16. The molecule has 0 radical (unpaired) electrons. The smallest absolute Gasteiger partial charge is 0.239 e. The van der Waals surface area contributed by atoms with E-state index in [4.69, 9.17) is 10.9 Å². The standard InChI is InChI=1S/C11H18N2O2S2/c1-8(2)5-6-16-10-4-3-9(12)7-11(10)17(13,14)15/h3-4,7-8H,5-6,12H2,1-2H3,(H2,13,14,15). The lowest BCUT2D eigenvalue weighted by Gasteiger charge is -2.09. The fraction of sp³-hybridized carbons (Fsp3) is 0.455. The molecule has 0 spiro atoms. The van der Waals surface area contributed by atoms with E-state index in [1.807, 2.05) is 0 Å². The average molecular weight is 274 g/mol. The van der Waals surface area contributed by atoms with Crippen molar-refractivity contribution in [2.75, 3.05) is 11.5 Å². The van der Waals surface area contributed by atoms with Gasteiger partial charge in [0, 0.05) is 10.6 Å². The molecule has 0 aliphatic heterocycles. The van der Waals surface area contributed by atoms with Crippen molar-refractivity contribution in [3.8, 4) is 0 Å². The number of rotatable bonds is 5. The molecular weight excluding hydrogens is 256 g/mol. The van der Waals surface area contributed by atoms with Crippen molar-refractivity contribution >= 4 is 27.5 Å². The number of anilines is 1. The van der Waals surface area contributed by atoms with Crippen LogP contribution in [0, 0.1) is 5.92 Å². The number of hydrogen-bond donors (Lipinski definition) is 2. The minimum absolute atomic E-state index is 0.117. The number of primary sulfonamides is 1. The first-order valence-corrected chi connectivity index (χ1v) is 7.89. The zero-order valence-electron chi connectivity index (χ0n) is 10.0. The molecule has 1 aromatic rings. The fourth-order valence-corrected chi connectivity index (χ4v) is 3.62. The summed E-state index contributed by atoms with van der Waals surface area (Å²) in [4.78, 5) is 0.786. The topological polar surface area (TPSA) is 86.2 Å². The van der Waals surface area contributed by atoms with E-state index in [0.29, 0.717) is 16.5 Å². The monoisotopic (exact) mass is 274 g/mol. The van der Waals surface area contributed by atoms with Crippen LogP contribution in [0.25, 0.3) is 0 Å². The minimum atomic E-state index is -3.71. The quantitative estimate of drug-likeness (QED) is 0.635. The summed E-state index contributed by atoms with van der Waals surface area (Å²) < 4.78 is 22.8. The normalized spacial score (nSPS) is 12.0. The summed E-state index contributed by atoms with van der Waals surface area (Å²) >= 11 is 1.50. The van der Waals surface area contributed by atoms with Gasteiger partial charge < -0.3 is 5.73 Å². The molecule has 17 heavy (non-hydrogen) atoms. The van der Waals surface area contributed by atoms with Crippen LogP contribution in [0.2, 0.25) is 0 Å². The Bertz CT molecular complexity index is 484. The first-order valence-electron chi connectivity index (χ1n) is 5.36. The van der Waals surface area contributed by atoms with Gasteiger partial charge in [0.05, 0.1) is 4.90 Å². The van der Waals surface area contributed by atoms with E-state index in [9.17, 15) is 8.42 Å². The Labute approximate surface area is 107 Å². The third kappa shape index (κ3) is 4.57. The predicted molar refractivity (Wildman–Crippen MR) is 72.4 cm³/mol. The second-order valence-electron chi connectivity index (χ2n) is 4.28. The van der Waals surface area contributed by atoms with E-state index in [0.717, 1.165) is 12.2 Å². The molecule has 1 aromatic carbocycles. The molecule has 0 aromatic heterocycles. The Balaban J connectivity index is 2.92.